The van der Waals surface area contributed by atoms with Gasteiger partial charge in [-0.1, -0.05) is 217 Å². The van der Waals surface area contributed by atoms with Crippen LogP contribution in [0.15, 0.2) is 206 Å². The van der Waals surface area contributed by atoms with Gasteiger partial charge in [-0.05, 0) is 174 Å². The second-order valence-corrected chi connectivity index (χ2v) is 21.6. The normalized spacial score (nSPS) is 15.2. The van der Waals surface area contributed by atoms with Gasteiger partial charge in [0.1, 0.15) is 0 Å². The minimum absolute atomic E-state index is 0.0644. The first-order valence-electron chi connectivity index (χ1n) is 24.7. The molecule has 0 nitrogen and oxygen atoms in total. The molecule has 328 valence electrons. The summed E-state index contributed by atoms with van der Waals surface area (Å²) in [5, 5.41) is 7.66. The average Bonchev–Trinajstić information content (AvgIpc) is 3.86. The van der Waals surface area contributed by atoms with Gasteiger partial charge in [-0.2, -0.15) is 0 Å². The summed E-state index contributed by atoms with van der Waals surface area (Å²) >= 11 is 0. The number of rotatable bonds is 4. The van der Waals surface area contributed by atoms with E-state index in [2.05, 4.69) is 248 Å². The lowest BCUT2D eigenvalue weighted by atomic mass is 9.79. The van der Waals surface area contributed by atoms with Gasteiger partial charge in [-0.3, -0.25) is 0 Å². The standard InChI is InChI=1S/C69H52/c1-67(2)60-25-14-12-20-50(60)57-37-45(30-35-61(57)67)66-55-22-10-9-21-54(55)65(56-34-27-42(36-58(56)66)43-26-31-51-49-19-11-13-24-59(49)68(3,4)62(51)38-43)46-29-33-53-52-32-28-44(39-63(52)69(5,6)64(53)40-46)48-23-15-17-41-16-7-8-18-47(41)48/h7-40H,1-6H3. The highest BCUT2D eigenvalue weighted by Gasteiger charge is 2.38. The molecule has 0 heterocycles. The van der Waals surface area contributed by atoms with Crippen LogP contribution in [0.4, 0.5) is 0 Å². The van der Waals surface area contributed by atoms with Crippen LogP contribution in [0.2, 0.25) is 0 Å². The summed E-state index contributed by atoms with van der Waals surface area (Å²) < 4.78 is 0. The summed E-state index contributed by atoms with van der Waals surface area (Å²) in [7, 11) is 0. The molecule has 11 aromatic carbocycles. The van der Waals surface area contributed by atoms with Crippen molar-refractivity contribution < 1.29 is 0 Å². The molecule has 3 aliphatic carbocycles. The quantitative estimate of drug-likeness (QED) is 0.155. The van der Waals surface area contributed by atoms with E-state index < -0.39 is 0 Å². The first-order valence-corrected chi connectivity index (χ1v) is 24.7. The largest absolute Gasteiger partial charge is 0.0619 e. The molecule has 0 aliphatic heterocycles. The van der Waals surface area contributed by atoms with Crippen molar-refractivity contribution in [1.29, 1.82) is 0 Å². The van der Waals surface area contributed by atoms with Gasteiger partial charge in [0.05, 0.1) is 0 Å². The summed E-state index contributed by atoms with van der Waals surface area (Å²) in [5.74, 6) is 0. The molecule has 14 rings (SSSR count). The van der Waals surface area contributed by atoms with Crippen LogP contribution < -0.4 is 0 Å². The van der Waals surface area contributed by atoms with Crippen molar-refractivity contribution in [3.8, 4) is 77.9 Å². The molecule has 0 spiro atoms. The van der Waals surface area contributed by atoms with Crippen LogP contribution in [0.3, 0.4) is 0 Å². The van der Waals surface area contributed by atoms with E-state index in [4.69, 9.17) is 0 Å². The van der Waals surface area contributed by atoms with Crippen molar-refractivity contribution in [3.05, 3.63) is 240 Å². The van der Waals surface area contributed by atoms with Gasteiger partial charge in [-0.25, -0.2) is 0 Å². The maximum Gasteiger partial charge on any atom is 0.0159 e. The highest BCUT2D eigenvalue weighted by Crippen LogP contribution is 2.55. The van der Waals surface area contributed by atoms with E-state index in [1.54, 1.807) is 0 Å². The van der Waals surface area contributed by atoms with E-state index in [0.29, 0.717) is 0 Å². The third-order valence-corrected chi connectivity index (χ3v) is 16.9. The van der Waals surface area contributed by atoms with E-state index in [1.807, 2.05) is 0 Å². The average molecular weight is 881 g/mol. The molecule has 0 fully saturated rings. The Morgan fingerprint density at radius 1 is 0.217 bits per heavy atom. The van der Waals surface area contributed by atoms with Gasteiger partial charge in [0.15, 0.2) is 0 Å². The molecule has 0 unspecified atom stereocenters. The molecule has 3 aliphatic rings. The van der Waals surface area contributed by atoms with Crippen molar-refractivity contribution in [3.63, 3.8) is 0 Å². The topological polar surface area (TPSA) is 0 Å². The fourth-order valence-electron chi connectivity index (χ4n) is 13.3. The summed E-state index contributed by atoms with van der Waals surface area (Å²) in [4.78, 5) is 0. The zero-order chi connectivity index (χ0) is 46.6. The van der Waals surface area contributed by atoms with E-state index in [9.17, 15) is 0 Å². The van der Waals surface area contributed by atoms with Crippen molar-refractivity contribution >= 4 is 32.3 Å². The van der Waals surface area contributed by atoms with Crippen LogP contribution in [-0.4, -0.2) is 0 Å². The zero-order valence-electron chi connectivity index (χ0n) is 40.1. The minimum atomic E-state index is -0.199. The Bertz CT molecular complexity index is 4030. The Kier molecular flexibility index (Phi) is 8.25. The van der Waals surface area contributed by atoms with Crippen LogP contribution in [-0.2, 0) is 16.2 Å². The number of hydrogen-bond donors (Lipinski definition) is 0. The van der Waals surface area contributed by atoms with E-state index in [-0.39, 0.29) is 16.2 Å². The Balaban J connectivity index is 0.981. The van der Waals surface area contributed by atoms with Crippen molar-refractivity contribution in [2.24, 2.45) is 0 Å². The maximum absolute atomic E-state index is 2.52. The second kappa shape index (κ2) is 14.1. The van der Waals surface area contributed by atoms with Gasteiger partial charge in [0.2, 0.25) is 0 Å². The lowest BCUT2D eigenvalue weighted by molar-refractivity contribution is 0.660. The number of benzene rings is 11. The van der Waals surface area contributed by atoms with Gasteiger partial charge in [0.25, 0.3) is 0 Å². The Morgan fingerprint density at radius 3 is 1.30 bits per heavy atom. The van der Waals surface area contributed by atoms with Crippen molar-refractivity contribution in [1.82, 2.24) is 0 Å². The summed E-state index contributed by atoms with van der Waals surface area (Å²) in [5.41, 5.74) is 26.2. The summed E-state index contributed by atoms with van der Waals surface area (Å²) in [6.45, 7) is 14.4. The first-order chi connectivity index (χ1) is 33.5. The Labute approximate surface area is 405 Å². The van der Waals surface area contributed by atoms with Gasteiger partial charge in [0, 0.05) is 16.2 Å². The number of fused-ring (bicyclic) bond motifs is 12. The zero-order valence-corrected chi connectivity index (χ0v) is 40.1. The predicted octanol–water partition coefficient (Wildman–Crippen LogP) is 18.7. The van der Waals surface area contributed by atoms with Gasteiger partial charge >= 0.3 is 0 Å². The third kappa shape index (κ3) is 5.58. The molecule has 69 heavy (non-hydrogen) atoms. The molecule has 0 saturated carbocycles. The molecule has 0 aromatic heterocycles. The third-order valence-electron chi connectivity index (χ3n) is 16.9. The predicted molar refractivity (Wildman–Crippen MR) is 293 cm³/mol. The van der Waals surface area contributed by atoms with E-state index in [1.165, 1.54) is 144 Å². The van der Waals surface area contributed by atoms with E-state index >= 15 is 0 Å². The lowest BCUT2D eigenvalue weighted by Crippen LogP contribution is -2.15. The smallest absolute Gasteiger partial charge is 0.0159 e. The Morgan fingerprint density at radius 2 is 0.609 bits per heavy atom. The first kappa shape index (κ1) is 40.3. The van der Waals surface area contributed by atoms with Gasteiger partial charge < -0.3 is 0 Å². The number of hydrogen-bond acceptors (Lipinski definition) is 0. The molecule has 0 atom stereocenters. The molecule has 11 aromatic rings. The molecular formula is C69H52. The highest BCUT2D eigenvalue weighted by atomic mass is 14.4. The van der Waals surface area contributed by atoms with Crippen LogP contribution in [0, 0.1) is 0 Å². The van der Waals surface area contributed by atoms with Crippen molar-refractivity contribution in [2.45, 2.75) is 57.8 Å². The van der Waals surface area contributed by atoms with E-state index in [0.717, 1.165) is 0 Å². The molecule has 0 N–H and O–H groups in total. The highest BCUT2D eigenvalue weighted by molar-refractivity contribution is 6.22. The molecule has 0 saturated heterocycles. The second-order valence-electron chi connectivity index (χ2n) is 21.6. The monoisotopic (exact) mass is 880 g/mol. The maximum atomic E-state index is 2.52. The molecule has 0 heteroatoms. The molecule has 0 radical (unpaired) electrons. The van der Waals surface area contributed by atoms with Crippen LogP contribution in [0.5, 0.6) is 0 Å². The minimum Gasteiger partial charge on any atom is -0.0619 e. The van der Waals surface area contributed by atoms with Crippen LogP contribution in [0.25, 0.3) is 110 Å². The van der Waals surface area contributed by atoms with Crippen molar-refractivity contribution in [2.75, 3.05) is 0 Å². The summed E-state index contributed by atoms with van der Waals surface area (Å²) in [6, 6.07) is 78.9. The van der Waals surface area contributed by atoms with Crippen LogP contribution in [0.1, 0.15) is 74.9 Å². The fourth-order valence-corrected chi connectivity index (χ4v) is 13.3. The lowest BCUT2D eigenvalue weighted by Gasteiger charge is -2.24. The summed E-state index contributed by atoms with van der Waals surface area (Å²) in [6.07, 6.45) is 0. The van der Waals surface area contributed by atoms with Crippen LogP contribution >= 0.6 is 0 Å². The molecule has 0 amide bonds. The van der Waals surface area contributed by atoms with Gasteiger partial charge in [-0.15, -0.1) is 0 Å². The Hall–Kier alpha value is -7.80. The fraction of sp³-hybridized carbons (Fsp3) is 0.130. The molecular weight excluding hydrogens is 829 g/mol. The SMILES string of the molecule is CC1(C)c2ccccc2-c2cc(-c3c4ccccc4c(-c4ccc5c(c4)C(C)(C)c4cc(-c6cccc7ccccc67)ccc4-5)c4ccc(-c5ccc6c(c5)C(C)(C)c5ccccc5-6)cc34)ccc21. The molecule has 0 bridgehead atoms.